The van der Waals surface area contributed by atoms with Crippen LogP contribution < -0.4 is 5.73 Å². The highest BCUT2D eigenvalue weighted by molar-refractivity contribution is 5.94. The van der Waals surface area contributed by atoms with Crippen LogP contribution in [0.5, 0.6) is 0 Å². The number of primary amides is 1. The van der Waals surface area contributed by atoms with Gasteiger partial charge in [-0.15, -0.1) is 0 Å². The molecule has 0 spiro atoms. The Morgan fingerprint density at radius 1 is 0.909 bits per heavy atom. The van der Waals surface area contributed by atoms with E-state index in [1.807, 2.05) is 60.4 Å². The second kappa shape index (κ2) is 9.75. The van der Waals surface area contributed by atoms with E-state index in [2.05, 4.69) is 17.0 Å². The molecule has 2 saturated heterocycles. The number of rotatable bonds is 5. The second-order valence-corrected chi connectivity index (χ2v) is 9.36. The van der Waals surface area contributed by atoms with Gasteiger partial charge in [-0.05, 0) is 30.5 Å². The topological polar surface area (TPSA) is 87.0 Å². The van der Waals surface area contributed by atoms with E-state index in [1.165, 1.54) is 5.56 Å². The van der Waals surface area contributed by atoms with Gasteiger partial charge in [-0.25, -0.2) is 0 Å². The zero-order valence-electron chi connectivity index (χ0n) is 19.2. The number of carbonyl (C=O) groups is 3. The van der Waals surface area contributed by atoms with Gasteiger partial charge in [0.2, 0.25) is 11.8 Å². The molecule has 0 saturated carbocycles. The first-order valence-electron chi connectivity index (χ1n) is 11.6. The van der Waals surface area contributed by atoms with Gasteiger partial charge in [-0.3, -0.25) is 19.3 Å². The first kappa shape index (κ1) is 23.0. The second-order valence-electron chi connectivity index (χ2n) is 9.36. The first-order valence-corrected chi connectivity index (χ1v) is 11.6. The molecule has 4 rings (SSSR count). The van der Waals surface area contributed by atoms with Crippen LogP contribution >= 0.6 is 0 Å². The lowest BCUT2D eigenvalue weighted by Gasteiger charge is -2.46. The van der Waals surface area contributed by atoms with E-state index in [9.17, 15) is 14.4 Å². The van der Waals surface area contributed by atoms with Crippen LogP contribution in [0.25, 0.3) is 0 Å². The molecule has 0 bridgehead atoms. The number of nitrogens with zero attached hydrogens (tertiary/aromatic N) is 3. The number of carbonyl (C=O) groups excluding carboxylic acids is 3. The van der Waals surface area contributed by atoms with Crippen LogP contribution in [-0.4, -0.2) is 71.2 Å². The fourth-order valence-corrected chi connectivity index (χ4v) is 4.84. The molecule has 3 amide bonds. The summed E-state index contributed by atoms with van der Waals surface area (Å²) in [7, 11) is 0. The van der Waals surface area contributed by atoms with E-state index >= 15 is 0 Å². The van der Waals surface area contributed by atoms with Crippen LogP contribution in [0.2, 0.25) is 0 Å². The van der Waals surface area contributed by atoms with Crippen molar-refractivity contribution in [2.24, 2.45) is 11.1 Å². The fraction of sp³-hybridized carbons (Fsp3) is 0.423. The molecule has 2 aromatic carbocycles. The van der Waals surface area contributed by atoms with Gasteiger partial charge in [0.25, 0.3) is 5.91 Å². The smallest absolute Gasteiger partial charge is 0.253 e. The van der Waals surface area contributed by atoms with E-state index in [0.717, 1.165) is 6.54 Å². The number of likely N-dealkylation sites (tertiary alicyclic amines) is 1. The highest BCUT2D eigenvalue weighted by Gasteiger charge is 2.44. The van der Waals surface area contributed by atoms with E-state index in [1.54, 1.807) is 4.90 Å². The molecule has 0 radical (unpaired) electrons. The third kappa shape index (κ3) is 5.09. The van der Waals surface area contributed by atoms with Crippen molar-refractivity contribution < 1.29 is 14.4 Å². The van der Waals surface area contributed by atoms with Gasteiger partial charge in [-0.1, -0.05) is 55.5 Å². The Morgan fingerprint density at radius 2 is 1.52 bits per heavy atom. The number of nitrogens with two attached hydrogens (primary N) is 1. The molecule has 2 fully saturated rings. The Bertz CT molecular complexity index is 987. The molecule has 0 aromatic heterocycles. The maximum absolute atomic E-state index is 13.6. The first-order chi connectivity index (χ1) is 15.9. The summed E-state index contributed by atoms with van der Waals surface area (Å²) in [4.78, 5) is 44.3. The zero-order valence-corrected chi connectivity index (χ0v) is 19.2. The molecule has 33 heavy (non-hydrogen) atoms. The van der Waals surface area contributed by atoms with Crippen molar-refractivity contribution in [3.63, 3.8) is 0 Å². The number of amides is 3. The number of piperazine rings is 1. The Labute approximate surface area is 195 Å². The molecule has 7 heteroatoms. The molecule has 174 valence electrons. The number of hydrogen-bond donors (Lipinski definition) is 1. The van der Waals surface area contributed by atoms with Crippen molar-refractivity contribution in [3.05, 3.63) is 71.8 Å². The molecule has 1 unspecified atom stereocenters. The summed E-state index contributed by atoms with van der Waals surface area (Å²) in [6, 6.07) is 18.7. The molecule has 2 N–H and O–H groups in total. The molecular formula is C26H32N4O3. The third-order valence-corrected chi connectivity index (χ3v) is 6.99. The molecule has 2 aromatic rings. The number of piperidine rings is 1. The van der Waals surface area contributed by atoms with Gasteiger partial charge in [0.05, 0.1) is 0 Å². The van der Waals surface area contributed by atoms with Crippen molar-refractivity contribution in [2.45, 2.75) is 32.4 Å². The summed E-state index contributed by atoms with van der Waals surface area (Å²) in [5.74, 6) is -0.506. The summed E-state index contributed by atoms with van der Waals surface area (Å²) in [6.07, 6.45) is 1.14. The SMILES string of the molecule is CC1(C(=O)N2CCN(Cc3ccccc3)CC2C(N)=O)CCN(C(=O)c2ccccc2)CC1. The summed E-state index contributed by atoms with van der Waals surface area (Å²) in [5.41, 5.74) is 6.96. The predicted octanol–water partition coefficient (Wildman–Crippen LogP) is 2.13. The van der Waals surface area contributed by atoms with Gasteiger partial charge < -0.3 is 15.5 Å². The Kier molecular flexibility index (Phi) is 6.79. The van der Waals surface area contributed by atoms with Crippen LogP contribution in [0.3, 0.4) is 0 Å². The highest BCUT2D eigenvalue weighted by atomic mass is 16.2. The third-order valence-electron chi connectivity index (χ3n) is 6.99. The van der Waals surface area contributed by atoms with E-state index in [0.29, 0.717) is 51.1 Å². The van der Waals surface area contributed by atoms with Crippen molar-refractivity contribution in [1.82, 2.24) is 14.7 Å². The quantitative estimate of drug-likeness (QED) is 0.759. The standard InChI is InChI=1S/C26H32N4O3/c1-26(12-14-29(15-13-26)24(32)21-10-6-3-7-11-21)25(33)30-17-16-28(19-22(30)23(27)31)18-20-8-4-2-5-9-20/h2-11,22H,12-19H2,1H3,(H2,27,31). The van der Waals surface area contributed by atoms with Crippen molar-refractivity contribution in [2.75, 3.05) is 32.7 Å². The van der Waals surface area contributed by atoms with E-state index in [-0.39, 0.29) is 11.8 Å². The number of hydrogen-bond acceptors (Lipinski definition) is 4. The lowest BCUT2D eigenvalue weighted by Crippen LogP contribution is -2.62. The Morgan fingerprint density at radius 3 is 2.12 bits per heavy atom. The Balaban J connectivity index is 1.39. The van der Waals surface area contributed by atoms with E-state index in [4.69, 9.17) is 5.73 Å². The van der Waals surface area contributed by atoms with Gasteiger partial charge in [0.1, 0.15) is 6.04 Å². The van der Waals surface area contributed by atoms with Crippen LogP contribution in [0.15, 0.2) is 60.7 Å². The minimum Gasteiger partial charge on any atom is -0.368 e. The predicted molar refractivity (Wildman–Crippen MR) is 126 cm³/mol. The zero-order chi connectivity index (χ0) is 23.4. The molecule has 1 atom stereocenters. The Hall–Kier alpha value is -3.19. The molecule has 2 heterocycles. The summed E-state index contributed by atoms with van der Waals surface area (Å²) < 4.78 is 0. The average Bonchev–Trinajstić information content (AvgIpc) is 2.85. The fourth-order valence-electron chi connectivity index (χ4n) is 4.84. The van der Waals surface area contributed by atoms with Crippen LogP contribution in [0.1, 0.15) is 35.7 Å². The molecule has 7 nitrogen and oxygen atoms in total. The van der Waals surface area contributed by atoms with Crippen LogP contribution in [-0.2, 0) is 16.1 Å². The largest absolute Gasteiger partial charge is 0.368 e. The average molecular weight is 449 g/mol. The van der Waals surface area contributed by atoms with Gasteiger partial charge >= 0.3 is 0 Å². The number of benzene rings is 2. The maximum atomic E-state index is 13.6. The van der Waals surface area contributed by atoms with E-state index < -0.39 is 17.4 Å². The normalized spacial score (nSPS) is 20.9. The van der Waals surface area contributed by atoms with Gasteiger partial charge in [-0.2, -0.15) is 0 Å². The minimum absolute atomic E-state index is 0.00497. The molecule has 0 aliphatic carbocycles. The monoisotopic (exact) mass is 448 g/mol. The summed E-state index contributed by atoms with van der Waals surface area (Å²) in [6.45, 7) is 5.32. The lowest BCUT2D eigenvalue weighted by molar-refractivity contribution is -0.153. The molecule has 2 aliphatic heterocycles. The summed E-state index contributed by atoms with van der Waals surface area (Å²) in [5, 5.41) is 0. The van der Waals surface area contributed by atoms with Crippen LogP contribution in [0, 0.1) is 5.41 Å². The maximum Gasteiger partial charge on any atom is 0.253 e. The molecule has 2 aliphatic rings. The molecular weight excluding hydrogens is 416 g/mol. The minimum atomic E-state index is -0.643. The lowest BCUT2D eigenvalue weighted by atomic mass is 9.78. The van der Waals surface area contributed by atoms with Crippen LogP contribution in [0.4, 0.5) is 0 Å². The van der Waals surface area contributed by atoms with Crippen molar-refractivity contribution in [1.29, 1.82) is 0 Å². The van der Waals surface area contributed by atoms with Gasteiger partial charge in [0, 0.05) is 50.2 Å². The van der Waals surface area contributed by atoms with Gasteiger partial charge in [0.15, 0.2) is 0 Å². The van der Waals surface area contributed by atoms with Crippen molar-refractivity contribution >= 4 is 17.7 Å². The van der Waals surface area contributed by atoms with Crippen molar-refractivity contribution in [3.8, 4) is 0 Å². The highest BCUT2D eigenvalue weighted by Crippen LogP contribution is 2.35. The summed E-state index contributed by atoms with van der Waals surface area (Å²) >= 11 is 0.